The number of rotatable bonds is 8. The van der Waals surface area contributed by atoms with Crippen molar-refractivity contribution in [3.05, 3.63) is 133 Å². The number of nitrogens with zero attached hydrogens (tertiary/aromatic N) is 1. The van der Waals surface area contributed by atoms with Crippen LogP contribution in [0.3, 0.4) is 0 Å². The number of pyridine rings is 1. The molecule has 1 atom stereocenters. The minimum Gasteiger partial charge on any atom is -0.414 e. The van der Waals surface area contributed by atoms with E-state index in [1.54, 1.807) is 30.5 Å². The molecule has 1 heterocycles. The normalized spacial score (nSPS) is 12.1. The standard InChI is InChI=1S/C28H23N2O3P/c31-34(32-25-16-6-2-7-17-25,33-26-18-8-3-9-19-26)28(30-24-14-4-1-5-15-24)27-20-22-12-10-11-13-23(22)21-29-27/h1-21,28,30H. The third kappa shape index (κ3) is 4.95. The molecule has 5 nitrogen and oxygen atoms in total. The molecule has 0 fully saturated rings. The van der Waals surface area contributed by atoms with Crippen molar-refractivity contribution >= 4 is 24.1 Å². The number of hydrogen-bond acceptors (Lipinski definition) is 5. The smallest absolute Gasteiger partial charge is 0.414 e. The molecule has 0 spiro atoms. The van der Waals surface area contributed by atoms with Crippen LogP contribution >= 0.6 is 7.60 Å². The number of benzene rings is 4. The topological polar surface area (TPSA) is 60.5 Å². The molecule has 0 aliphatic heterocycles. The molecule has 5 aromatic rings. The van der Waals surface area contributed by atoms with Gasteiger partial charge in [0.1, 0.15) is 11.5 Å². The Morgan fingerprint density at radius 1 is 0.647 bits per heavy atom. The summed E-state index contributed by atoms with van der Waals surface area (Å²) >= 11 is 0. The summed E-state index contributed by atoms with van der Waals surface area (Å²) in [6.07, 6.45) is 1.78. The van der Waals surface area contributed by atoms with Crippen molar-refractivity contribution in [2.24, 2.45) is 0 Å². The summed E-state index contributed by atoms with van der Waals surface area (Å²) in [6.45, 7) is 0. The van der Waals surface area contributed by atoms with Crippen molar-refractivity contribution in [2.75, 3.05) is 5.32 Å². The first kappa shape index (κ1) is 21.7. The molecular weight excluding hydrogens is 443 g/mol. The summed E-state index contributed by atoms with van der Waals surface area (Å²) in [5.74, 6) is 0.0183. The molecule has 1 N–H and O–H groups in total. The van der Waals surface area contributed by atoms with Crippen LogP contribution < -0.4 is 14.4 Å². The van der Waals surface area contributed by atoms with Crippen molar-refractivity contribution in [3.8, 4) is 11.5 Å². The third-order valence-corrected chi connectivity index (χ3v) is 7.23. The van der Waals surface area contributed by atoms with Crippen LogP contribution in [-0.2, 0) is 4.57 Å². The van der Waals surface area contributed by atoms with E-state index in [0.717, 1.165) is 16.5 Å². The van der Waals surface area contributed by atoms with Crippen molar-refractivity contribution in [1.29, 1.82) is 0 Å². The summed E-state index contributed by atoms with van der Waals surface area (Å²) in [7, 11) is -3.91. The number of anilines is 1. The van der Waals surface area contributed by atoms with Crippen LogP contribution in [0.4, 0.5) is 5.69 Å². The van der Waals surface area contributed by atoms with E-state index in [9.17, 15) is 4.57 Å². The lowest BCUT2D eigenvalue weighted by atomic mass is 10.1. The highest BCUT2D eigenvalue weighted by atomic mass is 31.2. The molecule has 0 aliphatic rings. The SMILES string of the molecule is O=P(Oc1ccccc1)(Oc1ccccc1)C(Nc1ccccc1)c1cc2ccccc2cn1. The monoisotopic (exact) mass is 466 g/mol. The first-order chi connectivity index (χ1) is 16.7. The van der Waals surface area contributed by atoms with Gasteiger partial charge >= 0.3 is 7.60 Å². The average molecular weight is 466 g/mol. The Balaban J connectivity index is 1.63. The maximum absolute atomic E-state index is 14.6. The van der Waals surface area contributed by atoms with Crippen molar-refractivity contribution in [3.63, 3.8) is 0 Å². The van der Waals surface area contributed by atoms with Crippen molar-refractivity contribution in [1.82, 2.24) is 4.98 Å². The zero-order valence-electron chi connectivity index (χ0n) is 18.3. The van der Waals surface area contributed by atoms with Crippen LogP contribution in [0.5, 0.6) is 11.5 Å². The van der Waals surface area contributed by atoms with E-state index < -0.39 is 13.4 Å². The second kappa shape index (κ2) is 9.82. The number of para-hydroxylation sites is 3. The van der Waals surface area contributed by atoms with Gasteiger partial charge in [-0.2, -0.15) is 0 Å². The maximum Gasteiger partial charge on any atom is 0.459 e. The van der Waals surface area contributed by atoms with Crippen molar-refractivity contribution < 1.29 is 13.6 Å². The van der Waals surface area contributed by atoms with E-state index in [0.29, 0.717) is 17.2 Å². The van der Waals surface area contributed by atoms with Gasteiger partial charge in [-0.25, -0.2) is 4.57 Å². The number of fused-ring (bicyclic) bond motifs is 1. The van der Waals surface area contributed by atoms with Crippen LogP contribution in [-0.4, -0.2) is 4.98 Å². The first-order valence-electron chi connectivity index (χ1n) is 10.9. The van der Waals surface area contributed by atoms with Gasteiger partial charge in [0.25, 0.3) is 0 Å². The summed E-state index contributed by atoms with van der Waals surface area (Å²) in [5, 5.41) is 5.34. The zero-order valence-corrected chi connectivity index (χ0v) is 19.2. The maximum atomic E-state index is 14.6. The molecule has 1 aromatic heterocycles. The lowest BCUT2D eigenvalue weighted by Gasteiger charge is -2.28. The van der Waals surface area contributed by atoms with E-state index in [1.165, 1.54) is 0 Å². The molecule has 0 aliphatic carbocycles. The molecular formula is C28H23N2O3P. The molecule has 168 valence electrons. The highest BCUT2D eigenvalue weighted by Crippen LogP contribution is 2.59. The van der Waals surface area contributed by atoms with Gasteiger partial charge in [-0.05, 0) is 47.9 Å². The predicted molar refractivity (Wildman–Crippen MR) is 136 cm³/mol. The average Bonchev–Trinajstić information content (AvgIpc) is 2.89. The van der Waals surface area contributed by atoms with Gasteiger partial charge in [0, 0.05) is 17.3 Å². The fourth-order valence-electron chi connectivity index (χ4n) is 3.64. The molecule has 0 radical (unpaired) electrons. The minimum absolute atomic E-state index is 0.447. The molecule has 0 saturated heterocycles. The molecule has 6 heteroatoms. The molecule has 0 bridgehead atoms. The fraction of sp³-hybridized carbons (Fsp3) is 0.0357. The summed E-state index contributed by atoms with van der Waals surface area (Å²) in [5.41, 5.74) is 1.33. The first-order valence-corrected chi connectivity index (χ1v) is 12.6. The van der Waals surface area contributed by atoms with E-state index in [2.05, 4.69) is 10.3 Å². The van der Waals surface area contributed by atoms with Gasteiger partial charge in [-0.15, -0.1) is 0 Å². The fourth-order valence-corrected chi connectivity index (χ4v) is 5.49. The quantitative estimate of drug-likeness (QED) is 0.238. The zero-order chi connectivity index (χ0) is 23.2. The molecule has 4 aromatic carbocycles. The van der Waals surface area contributed by atoms with E-state index in [-0.39, 0.29) is 0 Å². The molecule has 5 rings (SSSR count). The Hall–Kier alpha value is -4.08. The van der Waals surface area contributed by atoms with Crippen molar-refractivity contribution in [2.45, 2.75) is 5.78 Å². The summed E-state index contributed by atoms with van der Waals surface area (Å²) in [6, 6.07) is 37.5. The molecule has 1 unspecified atom stereocenters. The molecule has 0 amide bonds. The molecule has 0 saturated carbocycles. The number of hydrogen-bond donors (Lipinski definition) is 1. The predicted octanol–water partition coefficient (Wildman–Crippen LogP) is 7.70. The Labute approximate surface area is 198 Å². The van der Waals surface area contributed by atoms with Gasteiger partial charge in [0.05, 0.1) is 5.69 Å². The highest BCUT2D eigenvalue weighted by molar-refractivity contribution is 7.55. The Morgan fingerprint density at radius 2 is 1.15 bits per heavy atom. The Kier molecular flexibility index (Phi) is 6.28. The van der Waals surface area contributed by atoms with E-state index in [4.69, 9.17) is 9.05 Å². The van der Waals surface area contributed by atoms with Crippen LogP contribution in [0, 0.1) is 0 Å². The van der Waals surface area contributed by atoms with E-state index >= 15 is 0 Å². The van der Waals surface area contributed by atoms with Crippen LogP contribution in [0.1, 0.15) is 11.5 Å². The van der Waals surface area contributed by atoms with Crippen LogP contribution in [0.2, 0.25) is 0 Å². The molecule has 34 heavy (non-hydrogen) atoms. The van der Waals surface area contributed by atoms with Gasteiger partial charge < -0.3 is 14.4 Å². The van der Waals surface area contributed by atoms with Gasteiger partial charge in [0.2, 0.25) is 0 Å². The van der Waals surface area contributed by atoms with Crippen LogP contribution in [0.15, 0.2) is 128 Å². The van der Waals surface area contributed by atoms with Gasteiger partial charge in [0.15, 0.2) is 5.78 Å². The van der Waals surface area contributed by atoms with Gasteiger partial charge in [-0.3, -0.25) is 4.98 Å². The number of nitrogens with one attached hydrogen (secondary N) is 1. The lowest BCUT2D eigenvalue weighted by Crippen LogP contribution is -2.19. The van der Waals surface area contributed by atoms with E-state index in [1.807, 2.05) is 97.1 Å². The summed E-state index contributed by atoms with van der Waals surface area (Å²) in [4.78, 5) is 4.66. The highest BCUT2D eigenvalue weighted by Gasteiger charge is 2.42. The summed E-state index contributed by atoms with van der Waals surface area (Å²) < 4.78 is 26.9. The minimum atomic E-state index is -3.91. The largest absolute Gasteiger partial charge is 0.459 e. The second-order valence-corrected chi connectivity index (χ2v) is 9.68. The second-order valence-electron chi connectivity index (χ2n) is 7.72. The lowest BCUT2D eigenvalue weighted by molar-refractivity contribution is 0.375. The Morgan fingerprint density at radius 3 is 1.74 bits per heavy atom. The van der Waals surface area contributed by atoms with Crippen LogP contribution in [0.25, 0.3) is 10.8 Å². The van der Waals surface area contributed by atoms with Gasteiger partial charge in [-0.1, -0.05) is 78.9 Å². The number of aromatic nitrogens is 1. The Bertz CT molecular complexity index is 1370. The third-order valence-electron chi connectivity index (χ3n) is 5.28.